The second-order valence-corrected chi connectivity index (χ2v) is 6.96. The first-order chi connectivity index (χ1) is 11.8. The van der Waals surface area contributed by atoms with Gasteiger partial charge in [-0.2, -0.15) is 4.98 Å². The SMILES string of the molecule is O=C(Cc1ccccc1)N1CC[C@@H](c2nc(C3CCCC3)no2)C1. The first-order valence-corrected chi connectivity index (χ1v) is 8.95. The Morgan fingerprint density at radius 2 is 1.92 bits per heavy atom. The summed E-state index contributed by atoms with van der Waals surface area (Å²) in [6.45, 7) is 1.47. The Kier molecular flexibility index (Phi) is 4.32. The smallest absolute Gasteiger partial charge is 0.231 e. The molecule has 0 radical (unpaired) electrons. The second kappa shape index (κ2) is 6.75. The van der Waals surface area contributed by atoms with Gasteiger partial charge in [0.15, 0.2) is 5.82 Å². The Morgan fingerprint density at radius 3 is 2.71 bits per heavy atom. The van der Waals surface area contributed by atoms with Crippen LogP contribution in [0.5, 0.6) is 0 Å². The van der Waals surface area contributed by atoms with Gasteiger partial charge in [0.05, 0.1) is 12.3 Å². The largest absolute Gasteiger partial charge is 0.342 e. The molecule has 1 saturated carbocycles. The van der Waals surface area contributed by atoms with E-state index >= 15 is 0 Å². The summed E-state index contributed by atoms with van der Waals surface area (Å²) < 4.78 is 5.51. The Morgan fingerprint density at radius 1 is 1.12 bits per heavy atom. The zero-order chi connectivity index (χ0) is 16.4. The lowest BCUT2D eigenvalue weighted by Gasteiger charge is -2.15. The molecule has 0 spiro atoms. The van der Waals surface area contributed by atoms with Crippen molar-refractivity contribution in [3.63, 3.8) is 0 Å². The van der Waals surface area contributed by atoms with Crippen molar-refractivity contribution in [1.82, 2.24) is 15.0 Å². The second-order valence-electron chi connectivity index (χ2n) is 6.96. The molecule has 5 nitrogen and oxygen atoms in total. The van der Waals surface area contributed by atoms with Crippen LogP contribution in [0.15, 0.2) is 34.9 Å². The molecule has 0 N–H and O–H groups in total. The molecule has 1 amide bonds. The van der Waals surface area contributed by atoms with Crippen LogP contribution in [-0.2, 0) is 11.2 Å². The van der Waals surface area contributed by atoms with E-state index in [2.05, 4.69) is 10.1 Å². The average Bonchev–Trinajstić information content (AvgIpc) is 3.35. The van der Waals surface area contributed by atoms with Gasteiger partial charge >= 0.3 is 0 Å². The molecule has 2 aliphatic rings. The third-order valence-electron chi connectivity index (χ3n) is 5.27. The van der Waals surface area contributed by atoms with Crippen molar-refractivity contribution in [2.45, 2.75) is 50.4 Å². The summed E-state index contributed by atoms with van der Waals surface area (Å²) in [7, 11) is 0. The van der Waals surface area contributed by atoms with Crippen molar-refractivity contribution in [2.24, 2.45) is 0 Å². The molecule has 4 rings (SSSR count). The van der Waals surface area contributed by atoms with Crippen LogP contribution in [0.4, 0.5) is 0 Å². The van der Waals surface area contributed by atoms with Gasteiger partial charge in [0, 0.05) is 19.0 Å². The predicted molar refractivity (Wildman–Crippen MR) is 89.6 cm³/mol. The number of aromatic nitrogens is 2. The van der Waals surface area contributed by atoms with Gasteiger partial charge in [0.1, 0.15) is 0 Å². The van der Waals surface area contributed by atoms with Crippen molar-refractivity contribution in [1.29, 1.82) is 0 Å². The zero-order valence-corrected chi connectivity index (χ0v) is 13.9. The minimum absolute atomic E-state index is 0.180. The van der Waals surface area contributed by atoms with Gasteiger partial charge in [-0.1, -0.05) is 48.3 Å². The first-order valence-electron chi connectivity index (χ1n) is 8.95. The van der Waals surface area contributed by atoms with Crippen LogP contribution in [-0.4, -0.2) is 34.0 Å². The first kappa shape index (κ1) is 15.4. The Labute approximate surface area is 142 Å². The number of amides is 1. The summed E-state index contributed by atoms with van der Waals surface area (Å²) >= 11 is 0. The normalized spacial score (nSPS) is 21.5. The highest BCUT2D eigenvalue weighted by molar-refractivity contribution is 5.79. The Balaban J connectivity index is 1.36. The molecule has 5 heteroatoms. The van der Waals surface area contributed by atoms with Gasteiger partial charge in [-0.3, -0.25) is 4.79 Å². The number of carbonyl (C=O) groups is 1. The zero-order valence-electron chi connectivity index (χ0n) is 13.9. The van der Waals surface area contributed by atoms with Crippen LogP contribution in [0.1, 0.15) is 61.2 Å². The van der Waals surface area contributed by atoms with E-state index in [1.165, 1.54) is 25.7 Å². The monoisotopic (exact) mass is 325 g/mol. The number of hydrogen-bond donors (Lipinski definition) is 0. The molecule has 24 heavy (non-hydrogen) atoms. The van der Waals surface area contributed by atoms with Gasteiger partial charge in [0.25, 0.3) is 0 Å². The minimum Gasteiger partial charge on any atom is -0.342 e. The summed E-state index contributed by atoms with van der Waals surface area (Å²) in [4.78, 5) is 19.0. The quantitative estimate of drug-likeness (QED) is 0.865. The lowest BCUT2D eigenvalue weighted by Crippen LogP contribution is -2.29. The van der Waals surface area contributed by atoms with Crippen molar-refractivity contribution in [2.75, 3.05) is 13.1 Å². The molecule has 1 aromatic carbocycles. The highest BCUT2D eigenvalue weighted by atomic mass is 16.5. The number of rotatable bonds is 4. The van der Waals surface area contributed by atoms with E-state index in [-0.39, 0.29) is 11.8 Å². The van der Waals surface area contributed by atoms with Crippen LogP contribution in [0, 0.1) is 0 Å². The molecule has 1 aliphatic heterocycles. The van der Waals surface area contributed by atoms with Crippen LogP contribution in [0.25, 0.3) is 0 Å². The topological polar surface area (TPSA) is 59.2 Å². The molecule has 2 aromatic rings. The van der Waals surface area contributed by atoms with Crippen LogP contribution >= 0.6 is 0 Å². The Hall–Kier alpha value is -2.17. The number of nitrogens with zero attached hydrogens (tertiary/aromatic N) is 3. The molecular formula is C19H23N3O2. The third-order valence-corrected chi connectivity index (χ3v) is 5.27. The number of likely N-dealkylation sites (tertiary alicyclic amines) is 1. The van der Waals surface area contributed by atoms with E-state index < -0.39 is 0 Å². The fourth-order valence-electron chi connectivity index (χ4n) is 3.83. The molecule has 0 bridgehead atoms. The molecule has 2 heterocycles. The third kappa shape index (κ3) is 3.21. The highest BCUT2D eigenvalue weighted by Gasteiger charge is 2.32. The fraction of sp³-hybridized carbons (Fsp3) is 0.526. The summed E-state index contributed by atoms with van der Waals surface area (Å²) in [5.74, 6) is 2.43. The van der Waals surface area contributed by atoms with E-state index in [0.717, 1.165) is 24.4 Å². The summed E-state index contributed by atoms with van der Waals surface area (Å²) in [5, 5.41) is 4.19. The van der Waals surface area contributed by atoms with E-state index in [9.17, 15) is 4.79 Å². The van der Waals surface area contributed by atoms with Crippen molar-refractivity contribution < 1.29 is 9.32 Å². The maximum Gasteiger partial charge on any atom is 0.231 e. The number of benzene rings is 1. The number of hydrogen-bond acceptors (Lipinski definition) is 4. The standard InChI is InChI=1S/C19H23N3O2/c23-17(12-14-6-2-1-3-7-14)22-11-10-16(13-22)19-20-18(21-24-19)15-8-4-5-9-15/h1-3,6-7,15-16H,4-5,8-13H2/t16-/m1/s1. The molecule has 0 unspecified atom stereocenters. The molecule has 1 aliphatic carbocycles. The van der Waals surface area contributed by atoms with Gasteiger partial charge in [-0.25, -0.2) is 0 Å². The van der Waals surface area contributed by atoms with Gasteiger partial charge in [-0.05, 0) is 24.8 Å². The van der Waals surface area contributed by atoms with E-state index in [1.54, 1.807) is 0 Å². The van der Waals surface area contributed by atoms with Crippen LogP contribution in [0.3, 0.4) is 0 Å². The average molecular weight is 325 g/mol. The van der Waals surface area contributed by atoms with E-state index in [4.69, 9.17) is 4.52 Å². The summed E-state index contributed by atoms with van der Waals surface area (Å²) in [5.41, 5.74) is 1.06. The molecule has 1 atom stereocenters. The van der Waals surface area contributed by atoms with E-state index in [1.807, 2.05) is 35.2 Å². The highest BCUT2D eigenvalue weighted by Crippen LogP contribution is 2.34. The maximum absolute atomic E-state index is 12.5. The predicted octanol–water partition coefficient (Wildman–Crippen LogP) is 3.29. The van der Waals surface area contributed by atoms with Gasteiger partial charge in [-0.15, -0.1) is 0 Å². The Bertz CT molecular complexity index is 692. The lowest BCUT2D eigenvalue weighted by molar-refractivity contribution is -0.129. The van der Waals surface area contributed by atoms with Gasteiger partial charge in [0.2, 0.25) is 11.8 Å². The molecule has 1 aromatic heterocycles. The fourth-order valence-corrected chi connectivity index (χ4v) is 3.83. The minimum atomic E-state index is 0.180. The molecule has 2 fully saturated rings. The van der Waals surface area contributed by atoms with Crippen LogP contribution in [0.2, 0.25) is 0 Å². The van der Waals surface area contributed by atoms with Crippen molar-refractivity contribution in [3.05, 3.63) is 47.6 Å². The van der Waals surface area contributed by atoms with Crippen LogP contribution < -0.4 is 0 Å². The lowest BCUT2D eigenvalue weighted by atomic mass is 10.1. The van der Waals surface area contributed by atoms with Gasteiger partial charge < -0.3 is 9.42 Å². The van der Waals surface area contributed by atoms with Crippen molar-refractivity contribution >= 4 is 5.91 Å². The molecule has 126 valence electrons. The summed E-state index contributed by atoms with van der Waals surface area (Å²) in [6, 6.07) is 9.91. The van der Waals surface area contributed by atoms with E-state index in [0.29, 0.717) is 24.8 Å². The van der Waals surface area contributed by atoms with Crippen molar-refractivity contribution in [3.8, 4) is 0 Å². The maximum atomic E-state index is 12.5. The molecule has 1 saturated heterocycles. The molecular weight excluding hydrogens is 302 g/mol. The number of carbonyl (C=O) groups excluding carboxylic acids is 1. The summed E-state index contributed by atoms with van der Waals surface area (Å²) in [6.07, 6.45) is 6.24.